The first-order valence-electron chi connectivity index (χ1n) is 5.53. The van der Waals surface area contributed by atoms with Gasteiger partial charge in [0.05, 0.1) is 0 Å². The number of halogens is 2. The smallest absolute Gasteiger partial charge is 0.225 e. The van der Waals surface area contributed by atoms with E-state index in [0.29, 0.717) is 21.9 Å². The maximum Gasteiger partial charge on any atom is 0.225 e. The Bertz CT molecular complexity index is 736. The summed E-state index contributed by atoms with van der Waals surface area (Å²) in [5.74, 6) is 0. The lowest BCUT2D eigenvalue weighted by Gasteiger charge is -2.04. The second kappa shape index (κ2) is 4.68. The van der Waals surface area contributed by atoms with E-state index in [1.54, 1.807) is 30.2 Å². The molecule has 0 aliphatic heterocycles. The number of aromatic nitrogens is 4. The quantitative estimate of drug-likeness (QED) is 0.738. The fourth-order valence-electron chi connectivity index (χ4n) is 1.85. The molecule has 0 amide bonds. The van der Waals surface area contributed by atoms with Gasteiger partial charge in [-0.15, -0.1) is 0 Å². The Morgan fingerprint density at radius 1 is 1.11 bits per heavy atom. The molecular formula is C12H9Cl2N5. The van der Waals surface area contributed by atoms with Crippen molar-refractivity contribution in [2.24, 2.45) is 0 Å². The van der Waals surface area contributed by atoms with E-state index in [1.807, 2.05) is 12.1 Å². The van der Waals surface area contributed by atoms with Crippen LogP contribution in [0.5, 0.6) is 0 Å². The molecule has 0 saturated heterocycles. The highest BCUT2D eigenvalue weighted by Gasteiger charge is 2.13. The van der Waals surface area contributed by atoms with Crippen molar-refractivity contribution in [3.8, 4) is 11.3 Å². The van der Waals surface area contributed by atoms with Crippen molar-refractivity contribution in [2.45, 2.75) is 0 Å². The zero-order valence-corrected chi connectivity index (χ0v) is 11.4. The molecule has 1 N–H and O–H groups in total. The van der Waals surface area contributed by atoms with Crippen LogP contribution in [-0.4, -0.2) is 26.7 Å². The summed E-state index contributed by atoms with van der Waals surface area (Å²) in [5.41, 5.74) is 5.83. The van der Waals surface area contributed by atoms with E-state index in [2.05, 4.69) is 20.4 Å². The first-order valence-corrected chi connectivity index (χ1v) is 6.29. The number of nitrogens with one attached hydrogen (secondary N) is 1. The third kappa shape index (κ3) is 2.11. The molecule has 96 valence electrons. The molecule has 0 fully saturated rings. The highest BCUT2D eigenvalue weighted by Crippen LogP contribution is 2.26. The Balaban J connectivity index is 2.28. The van der Waals surface area contributed by atoms with Crippen LogP contribution in [0, 0.1) is 0 Å². The molecule has 0 saturated carbocycles. The van der Waals surface area contributed by atoms with E-state index in [0.717, 1.165) is 5.56 Å². The van der Waals surface area contributed by atoms with Gasteiger partial charge in [-0.25, -0.2) is 14.6 Å². The highest BCUT2D eigenvalue weighted by atomic mass is 35.5. The normalized spacial score (nSPS) is 10.9. The Morgan fingerprint density at radius 2 is 1.84 bits per heavy atom. The summed E-state index contributed by atoms with van der Waals surface area (Å²) in [6.45, 7) is 0. The van der Waals surface area contributed by atoms with Gasteiger partial charge < -0.3 is 5.43 Å². The van der Waals surface area contributed by atoms with Crippen LogP contribution >= 0.6 is 23.2 Å². The second-order valence-corrected chi connectivity index (χ2v) is 4.63. The average Bonchev–Trinajstić information content (AvgIpc) is 2.81. The minimum atomic E-state index is 0.175. The van der Waals surface area contributed by atoms with E-state index >= 15 is 0 Å². The molecular weight excluding hydrogens is 285 g/mol. The van der Waals surface area contributed by atoms with E-state index in [4.69, 9.17) is 23.2 Å². The van der Waals surface area contributed by atoms with Crippen LogP contribution in [0.15, 0.2) is 30.6 Å². The fourth-order valence-corrected chi connectivity index (χ4v) is 2.14. The molecule has 1 aromatic carbocycles. The Morgan fingerprint density at radius 3 is 2.53 bits per heavy atom. The lowest BCUT2D eigenvalue weighted by Crippen LogP contribution is -2.07. The van der Waals surface area contributed by atoms with E-state index in [1.165, 1.54) is 0 Å². The number of hydrogen-bond donors (Lipinski definition) is 1. The number of fused-ring (bicyclic) bond motifs is 1. The van der Waals surface area contributed by atoms with Crippen LogP contribution in [-0.2, 0) is 0 Å². The third-order valence-electron chi connectivity index (χ3n) is 2.73. The molecule has 0 aliphatic carbocycles. The van der Waals surface area contributed by atoms with Crippen molar-refractivity contribution < 1.29 is 0 Å². The molecule has 0 bridgehead atoms. The molecule has 0 unspecified atom stereocenters. The molecule has 3 aromatic rings. The summed E-state index contributed by atoms with van der Waals surface area (Å²) in [6, 6.07) is 7.35. The minimum absolute atomic E-state index is 0.175. The van der Waals surface area contributed by atoms with Gasteiger partial charge in [0.1, 0.15) is 17.5 Å². The first-order chi connectivity index (χ1) is 9.19. The number of imidazole rings is 1. The van der Waals surface area contributed by atoms with Gasteiger partial charge >= 0.3 is 0 Å². The summed E-state index contributed by atoms with van der Waals surface area (Å²) < 4.78 is 1.68. The maximum atomic E-state index is 5.97. The van der Waals surface area contributed by atoms with Gasteiger partial charge in [-0.3, -0.25) is 0 Å². The summed E-state index contributed by atoms with van der Waals surface area (Å²) in [7, 11) is 1.78. The Hall–Kier alpha value is -1.85. The number of hydrogen-bond acceptors (Lipinski definition) is 4. The Kier molecular flexibility index (Phi) is 3.00. The van der Waals surface area contributed by atoms with Crippen molar-refractivity contribution in [3.63, 3.8) is 0 Å². The molecule has 0 atom stereocenters. The molecule has 5 nitrogen and oxygen atoms in total. The van der Waals surface area contributed by atoms with Gasteiger partial charge in [-0.1, -0.05) is 23.7 Å². The van der Waals surface area contributed by atoms with Crippen LogP contribution in [0.25, 0.3) is 22.4 Å². The summed E-state index contributed by atoms with van der Waals surface area (Å²) in [4.78, 5) is 12.7. The molecule has 19 heavy (non-hydrogen) atoms. The molecule has 2 aromatic heterocycles. The van der Waals surface area contributed by atoms with Crippen LogP contribution in [0.1, 0.15) is 0 Å². The van der Waals surface area contributed by atoms with E-state index in [-0.39, 0.29) is 5.28 Å². The van der Waals surface area contributed by atoms with Crippen molar-refractivity contribution in [1.82, 2.24) is 19.6 Å². The van der Waals surface area contributed by atoms with Gasteiger partial charge in [0.15, 0.2) is 5.65 Å². The van der Waals surface area contributed by atoms with Crippen molar-refractivity contribution >= 4 is 34.4 Å². The lowest BCUT2D eigenvalue weighted by atomic mass is 10.1. The summed E-state index contributed by atoms with van der Waals surface area (Å²) in [5, 5.41) is 0.843. The zero-order chi connectivity index (χ0) is 13.4. The fraction of sp³-hybridized carbons (Fsp3) is 0.0833. The van der Waals surface area contributed by atoms with E-state index in [9.17, 15) is 0 Å². The minimum Gasteiger partial charge on any atom is -0.326 e. The van der Waals surface area contributed by atoms with Gasteiger partial charge in [0.2, 0.25) is 5.28 Å². The maximum absolute atomic E-state index is 5.97. The van der Waals surface area contributed by atoms with Crippen LogP contribution < -0.4 is 5.43 Å². The topological polar surface area (TPSA) is 55.6 Å². The van der Waals surface area contributed by atoms with Crippen LogP contribution in [0.3, 0.4) is 0 Å². The summed E-state index contributed by atoms with van der Waals surface area (Å²) in [6.07, 6.45) is 1.63. The van der Waals surface area contributed by atoms with Gasteiger partial charge in [-0.2, -0.15) is 4.98 Å². The summed E-state index contributed by atoms with van der Waals surface area (Å²) >= 11 is 11.9. The number of rotatable bonds is 2. The zero-order valence-electron chi connectivity index (χ0n) is 9.93. The predicted octanol–water partition coefficient (Wildman–Crippen LogP) is 2.97. The molecule has 3 rings (SSSR count). The first kappa shape index (κ1) is 12.2. The monoisotopic (exact) mass is 293 g/mol. The Labute approximate surface area is 119 Å². The second-order valence-electron chi connectivity index (χ2n) is 3.86. The SMILES string of the molecule is CNn1cnc2c(-c3ccc(Cl)cc3)nc(Cl)nc21. The van der Waals surface area contributed by atoms with Gasteiger partial charge in [0.25, 0.3) is 0 Å². The average molecular weight is 294 g/mol. The van der Waals surface area contributed by atoms with Crippen LogP contribution in [0.2, 0.25) is 10.3 Å². The van der Waals surface area contributed by atoms with Crippen molar-refractivity contribution in [1.29, 1.82) is 0 Å². The molecule has 0 aliphatic rings. The largest absolute Gasteiger partial charge is 0.326 e. The predicted molar refractivity (Wildman–Crippen MR) is 76.1 cm³/mol. The van der Waals surface area contributed by atoms with Gasteiger partial charge in [-0.05, 0) is 23.7 Å². The number of nitrogens with zero attached hydrogens (tertiary/aromatic N) is 4. The van der Waals surface area contributed by atoms with E-state index < -0.39 is 0 Å². The van der Waals surface area contributed by atoms with Gasteiger partial charge in [0, 0.05) is 17.6 Å². The van der Waals surface area contributed by atoms with Crippen molar-refractivity contribution in [2.75, 3.05) is 12.5 Å². The third-order valence-corrected chi connectivity index (χ3v) is 3.15. The molecule has 0 radical (unpaired) electrons. The molecule has 0 spiro atoms. The van der Waals surface area contributed by atoms with Crippen molar-refractivity contribution in [3.05, 3.63) is 40.9 Å². The molecule has 7 heteroatoms. The standard InChI is InChI=1S/C12H9Cl2N5/c1-15-19-6-16-10-9(17-12(14)18-11(10)19)7-2-4-8(13)5-3-7/h2-6,15H,1H3. The number of benzene rings is 1. The molecule has 2 heterocycles. The lowest BCUT2D eigenvalue weighted by molar-refractivity contribution is 0.937. The highest BCUT2D eigenvalue weighted by molar-refractivity contribution is 6.30. The van der Waals surface area contributed by atoms with Crippen LogP contribution in [0.4, 0.5) is 0 Å².